The van der Waals surface area contributed by atoms with Gasteiger partial charge in [-0.1, -0.05) is 0 Å². The Morgan fingerprint density at radius 3 is 2.62 bits per heavy atom. The molecule has 0 amide bonds. The Kier molecular flexibility index (Phi) is 6.14. The first-order valence-corrected chi connectivity index (χ1v) is 7.88. The fraction of sp³-hybridized carbons (Fsp3) is 0.188. The second-order valence-electron chi connectivity index (χ2n) is 4.64. The van der Waals surface area contributed by atoms with Crippen LogP contribution in [0.1, 0.15) is 12.5 Å². The van der Waals surface area contributed by atoms with Gasteiger partial charge in [0.05, 0.1) is 35.0 Å². The van der Waals surface area contributed by atoms with Gasteiger partial charge in [0.2, 0.25) is 0 Å². The summed E-state index contributed by atoms with van der Waals surface area (Å²) < 4.78 is 11.6. The largest absolute Gasteiger partial charge is 0.493 e. The Bertz CT molecular complexity index is 748. The van der Waals surface area contributed by atoms with Crippen LogP contribution in [0.4, 0.5) is 11.4 Å². The van der Waals surface area contributed by atoms with Crippen molar-refractivity contribution in [1.29, 1.82) is 0 Å². The summed E-state index contributed by atoms with van der Waals surface area (Å²) in [5, 5.41) is 14.7. The monoisotopic (exact) mass is 393 g/mol. The number of hydrazone groups is 1. The second-order valence-corrected chi connectivity index (χ2v) is 5.50. The zero-order valence-electron chi connectivity index (χ0n) is 13.2. The normalized spacial score (nSPS) is 10.6. The lowest BCUT2D eigenvalue weighted by Gasteiger charge is -2.12. The highest BCUT2D eigenvalue weighted by molar-refractivity contribution is 9.10. The fourth-order valence-electron chi connectivity index (χ4n) is 1.94. The number of non-ortho nitro benzene ring substituents is 1. The molecule has 0 radical (unpaired) electrons. The van der Waals surface area contributed by atoms with Gasteiger partial charge in [0.1, 0.15) is 0 Å². The van der Waals surface area contributed by atoms with Crippen molar-refractivity contribution in [2.75, 3.05) is 19.1 Å². The molecule has 0 spiro atoms. The van der Waals surface area contributed by atoms with E-state index in [0.29, 0.717) is 23.8 Å². The average Bonchev–Trinajstić information content (AvgIpc) is 2.57. The molecule has 2 rings (SSSR count). The van der Waals surface area contributed by atoms with Crippen molar-refractivity contribution in [1.82, 2.24) is 0 Å². The van der Waals surface area contributed by atoms with E-state index in [9.17, 15) is 10.1 Å². The van der Waals surface area contributed by atoms with E-state index in [1.807, 2.05) is 13.0 Å². The molecular weight excluding hydrogens is 378 g/mol. The van der Waals surface area contributed by atoms with Gasteiger partial charge in [0.15, 0.2) is 11.5 Å². The smallest absolute Gasteiger partial charge is 0.269 e. The van der Waals surface area contributed by atoms with Gasteiger partial charge in [0, 0.05) is 12.1 Å². The summed E-state index contributed by atoms with van der Waals surface area (Å²) in [7, 11) is 1.57. The van der Waals surface area contributed by atoms with Gasteiger partial charge < -0.3 is 9.47 Å². The van der Waals surface area contributed by atoms with E-state index in [0.717, 1.165) is 10.0 Å². The molecule has 126 valence electrons. The molecule has 0 aromatic heterocycles. The third kappa shape index (κ3) is 4.45. The van der Waals surface area contributed by atoms with Crippen molar-refractivity contribution in [2.24, 2.45) is 5.10 Å². The lowest BCUT2D eigenvalue weighted by atomic mass is 10.2. The molecule has 0 unspecified atom stereocenters. The number of anilines is 1. The van der Waals surface area contributed by atoms with Crippen LogP contribution in [0.5, 0.6) is 11.5 Å². The molecule has 0 saturated heterocycles. The Hall–Kier alpha value is -2.61. The number of hydrogen-bond acceptors (Lipinski definition) is 6. The number of nitrogens with one attached hydrogen (secondary N) is 1. The molecular formula is C16H16BrN3O4. The number of rotatable bonds is 7. The third-order valence-electron chi connectivity index (χ3n) is 3.03. The van der Waals surface area contributed by atoms with E-state index in [-0.39, 0.29) is 5.69 Å². The van der Waals surface area contributed by atoms with Gasteiger partial charge in [0.25, 0.3) is 5.69 Å². The highest BCUT2D eigenvalue weighted by Crippen LogP contribution is 2.36. The first kappa shape index (κ1) is 17.7. The standard InChI is InChI=1S/C16H16BrN3O4/c1-3-24-16-14(17)8-11(9-15(16)23-2)10-18-19-12-4-6-13(7-5-12)20(21)22/h4-10,19H,3H2,1-2H3. The van der Waals surface area contributed by atoms with Crippen LogP contribution in [0.2, 0.25) is 0 Å². The van der Waals surface area contributed by atoms with Gasteiger partial charge in [-0.15, -0.1) is 0 Å². The minimum Gasteiger partial charge on any atom is -0.493 e. The minimum absolute atomic E-state index is 0.0321. The zero-order valence-corrected chi connectivity index (χ0v) is 14.7. The Balaban J connectivity index is 2.11. The van der Waals surface area contributed by atoms with E-state index in [2.05, 4.69) is 26.5 Å². The average molecular weight is 394 g/mol. The number of hydrogen-bond donors (Lipinski definition) is 1. The summed E-state index contributed by atoms with van der Waals surface area (Å²) in [5.74, 6) is 1.24. The maximum absolute atomic E-state index is 10.6. The van der Waals surface area contributed by atoms with E-state index in [4.69, 9.17) is 9.47 Å². The first-order chi connectivity index (χ1) is 11.5. The summed E-state index contributed by atoms with van der Waals surface area (Å²) >= 11 is 3.45. The quantitative estimate of drug-likeness (QED) is 0.432. The lowest BCUT2D eigenvalue weighted by molar-refractivity contribution is -0.384. The third-order valence-corrected chi connectivity index (χ3v) is 3.61. The number of benzene rings is 2. The maximum atomic E-state index is 10.6. The van der Waals surface area contributed by atoms with Crippen LogP contribution in [0, 0.1) is 10.1 Å². The molecule has 0 aliphatic rings. The van der Waals surface area contributed by atoms with Crippen molar-refractivity contribution in [3.8, 4) is 11.5 Å². The van der Waals surface area contributed by atoms with Gasteiger partial charge in [-0.25, -0.2) is 0 Å². The van der Waals surface area contributed by atoms with Crippen LogP contribution < -0.4 is 14.9 Å². The highest BCUT2D eigenvalue weighted by atomic mass is 79.9. The van der Waals surface area contributed by atoms with Crippen LogP contribution >= 0.6 is 15.9 Å². The Labute approximate surface area is 147 Å². The molecule has 0 bridgehead atoms. The SMILES string of the molecule is CCOc1c(Br)cc(C=NNc2ccc([N+](=O)[O-])cc2)cc1OC. The molecule has 0 aliphatic carbocycles. The number of nitro groups is 1. The topological polar surface area (TPSA) is 86.0 Å². The van der Waals surface area contributed by atoms with Crippen molar-refractivity contribution in [3.63, 3.8) is 0 Å². The van der Waals surface area contributed by atoms with Gasteiger partial charge in [-0.3, -0.25) is 15.5 Å². The molecule has 24 heavy (non-hydrogen) atoms. The zero-order chi connectivity index (χ0) is 17.5. The number of nitro benzene ring substituents is 1. The summed E-state index contributed by atoms with van der Waals surface area (Å²) in [6, 6.07) is 9.66. The van der Waals surface area contributed by atoms with Crippen LogP contribution in [-0.2, 0) is 0 Å². The Morgan fingerprint density at radius 1 is 1.33 bits per heavy atom. The molecule has 0 fully saturated rings. The summed E-state index contributed by atoms with van der Waals surface area (Å²) in [4.78, 5) is 10.2. The number of methoxy groups -OCH3 is 1. The molecule has 0 aliphatic heterocycles. The van der Waals surface area contributed by atoms with E-state index in [1.54, 1.807) is 31.5 Å². The van der Waals surface area contributed by atoms with Crippen LogP contribution in [0.25, 0.3) is 0 Å². The molecule has 8 heteroatoms. The molecule has 0 saturated carbocycles. The maximum Gasteiger partial charge on any atom is 0.269 e. The van der Waals surface area contributed by atoms with Crippen molar-refractivity contribution < 1.29 is 14.4 Å². The molecule has 7 nitrogen and oxygen atoms in total. The van der Waals surface area contributed by atoms with E-state index < -0.39 is 4.92 Å². The van der Waals surface area contributed by atoms with Gasteiger partial charge in [-0.2, -0.15) is 5.10 Å². The molecule has 2 aromatic carbocycles. The summed E-state index contributed by atoms with van der Waals surface area (Å²) in [5.41, 5.74) is 4.30. The number of halogens is 1. The molecule has 0 heterocycles. The van der Waals surface area contributed by atoms with Gasteiger partial charge in [-0.05, 0) is 52.7 Å². The lowest BCUT2D eigenvalue weighted by Crippen LogP contribution is -1.98. The van der Waals surface area contributed by atoms with Crippen molar-refractivity contribution in [2.45, 2.75) is 6.92 Å². The predicted octanol–water partition coefficient (Wildman–Crippen LogP) is 4.21. The highest BCUT2D eigenvalue weighted by Gasteiger charge is 2.10. The van der Waals surface area contributed by atoms with Crippen LogP contribution in [0.15, 0.2) is 46.0 Å². The molecule has 2 aromatic rings. The Morgan fingerprint density at radius 2 is 2.04 bits per heavy atom. The molecule has 0 atom stereocenters. The van der Waals surface area contributed by atoms with Crippen molar-refractivity contribution >= 4 is 33.5 Å². The van der Waals surface area contributed by atoms with E-state index in [1.165, 1.54) is 12.1 Å². The summed E-state index contributed by atoms with van der Waals surface area (Å²) in [6.45, 7) is 2.43. The first-order valence-electron chi connectivity index (χ1n) is 7.09. The predicted molar refractivity (Wildman–Crippen MR) is 96.2 cm³/mol. The van der Waals surface area contributed by atoms with Crippen molar-refractivity contribution in [3.05, 3.63) is 56.5 Å². The summed E-state index contributed by atoms with van der Waals surface area (Å²) in [6.07, 6.45) is 1.62. The van der Waals surface area contributed by atoms with E-state index >= 15 is 0 Å². The number of ether oxygens (including phenoxy) is 2. The molecule has 1 N–H and O–H groups in total. The number of nitrogens with zero attached hydrogens (tertiary/aromatic N) is 2. The second kappa shape index (κ2) is 8.30. The fourth-order valence-corrected chi connectivity index (χ4v) is 2.51. The van der Waals surface area contributed by atoms with Gasteiger partial charge >= 0.3 is 0 Å². The van der Waals surface area contributed by atoms with Crippen LogP contribution in [-0.4, -0.2) is 24.9 Å². The minimum atomic E-state index is -0.448. The van der Waals surface area contributed by atoms with Crippen LogP contribution in [0.3, 0.4) is 0 Å².